The van der Waals surface area contributed by atoms with E-state index in [1.165, 1.54) is 0 Å². The number of carbonyl (C=O) groups is 1. The predicted octanol–water partition coefficient (Wildman–Crippen LogP) is 4.07. The minimum atomic E-state index is -0.0496. The number of benzene rings is 1. The fourth-order valence-corrected chi connectivity index (χ4v) is 1.92. The van der Waals surface area contributed by atoms with Crippen molar-refractivity contribution in [3.05, 3.63) is 41.5 Å². The first kappa shape index (κ1) is 14.5. The van der Waals surface area contributed by atoms with Crippen molar-refractivity contribution >= 4 is 11.5 Å². The molecule has 2 rings (SSSR count). The molecule has 98 valence electrons. The maximum absolute atomic E-state index is 12.0. The van der Waals surface area contributed by atoms with Crippen LogP contribution in [-0.2, 0) is 9.53 Å². The molecule has 1 aromatic carbocycles. The quantitative estimate of drug-likeness (QED) is 0.746. The van der Waals surface area contributed by atoms with E-state index in [2.05, 4.69) is 0 Å². The molecule has 2 nitrogen and oxygen atoms in total. The molecule has 1 heterocycles. The predicted molar refractivity (Wildman–Crippen MR) is 75.1 cm³/mol. The highest BCUT2D eigenvalue weighted by molar-refractivity contribution is 6.03. The molecule has 0 bridgehead atoms. The molecular formula is C16H22O2. The number of allylic oxidation sites excluding steroid dienone is 1. The molecule has 0 amide bonds. The van der Waals surface area contributed by atoms with Gasteiger partial charge in [0.05, 0.1) is 5.92 Å². The summed E-state index contributed by atoms with van der Waals surface area (Å²) in [6, 6.07) is 9.79. The van der Waals surface area contributed by atoms with Crippen LogP contribution in [0.15, 0.2) is 35.9 Å². The van der Waals surface area contributed by atoms with Crippen LogP contribution < -0.4 is 0 Å². The summed E-state index contributed by atoms with van der Waals surface area (Å²) in [5.74, 6) is 0.876. The molecule has 0 N–H and O–H groups in total. The van der Waals surface area contributed by atoms with E-state index < -0.39 is 0 Å². The van der Waals surface area contributed by atoms with Gasteiger partial charge in [-0.2, -0.15) is 0 Å². The second-order valence-electron chi connectivity index (χ2n) is 4.30. The third kappa shape index (κ3) is 2.81. The van der Waals surface area contributed by atoms with Crippen LogP contribution >= 0.6 is 0 Å². The Balaban J connectivity index is 0.000000771. The van der Waals surface area contributed by atoms with E-state index in [4.69, 9.17) is 4.74 Å². The molecular weight excluding hydrogens is 224 g/mol. The Hall–Kier alpha value is -1.57. The lowest BCUT2D eigenvalue weighted by Gasteiger charge is -2.29. The van der Waals surface area contributed by atoms with Gasteiger partial charge >= 0.3 is 0 Å². The standard InChI is InChI=1S/C14H16O2.C2H6/c1-9-11(3)16-14(10(2)13(9)15)12-7-5-4-6-8-12;1-2/h4-9,11H,1-3H3;1-2H3. The maximum Gasteiger partial charge on any atom is 0.168 e. The summed E-state index contributed by atoms with van der Waals surface area (Å²) in [4.78, 5) is 12.0. The fraction of sp³-hybridized carbons (Fsp3) is 0.438. The molecule has 0 radical (unpaired) electrons. The van der Waals surface area contributed by atoms with Gasteiger partial charge in [0.25, 0.3) is 0 Å². The summed E-state index contributed by atoms with van der Waals surface area (Å²) < 4.78 is 5.83. The van der Waals surface area contributed by atoms with Crippen molar-refractivity contribution in [2.45, 2.75) is 40.7 Å². The number of carbonyl (C=O) groups excluding carboxylic acids is 1. The minimum absolute atomic E-state index is 0.0486. The van der Waals surface area contributed by atoms with Gasteiger partial charge in [0.2, 0.25) is 0 Å². The first-order chi connectivity index (χ1) is 8.61. The number of ether oxygens (including phenoxy) is 1. The average molecular weight is 246 g/mol. The topological polar surface area (TPSA) is 26.3 Å². The smallest absolute Gasteiger partial charge is 0.168 e. The summed E-state index contributed by atoms with van der Waals surface area (Å²) in [5.41, 5.74) is 1.71. The van der Waals surface area contributed by atoms with Crippen molar-refractivity contribution in [3.8, 4) is 0 Å². The lowest BCUT2D eigenvalue weighted by molar-refractivity contribution is -0.123. The zero-order chi connectivity index (χ0) is 13.7. The molecule has 1 aromatic rings. The summed E-state index contributed by atoms with van der Waals surface area (Å²) in [5, 5.41) is 0. The van der Waals surface area contributed by atoms with Gasteiger partial charge in [-0.15, -0.1) is 0 Å². The van der Waals surface area contributed by atoms with Gasteiger partial charge in [0, 0.05) is 11.1 Å². The minimum Gasteiger partial charge on any atom is -0.489 e. The molecule has 2 heteroatoms. The molecule has 1 aliphatic rings. The third-order valence-electron chi connectivity index (χ3n) is 3.17. The number of hydrogen-bond donors (Lipinski definition) is 0. The molecule has 0 fully saturated rings. The number of Topliss-reactive ketones (excluding diaryl/α,β-unsaturated/α-hetero) is 1. The van der Waals surface area contributed by atoms with Crippen LogP contribution in [0.5, 0.6) is 0 Å². The summed E-state index contributed by atoms with van der Waals surface area (Å²) >= 11 is 0. The van der Waals surface area contributed by atoms with Gasteiger partial charge in [-0.1, -0.05) is 51.1 Å². The highest BCUT2D eigenvalue weighted by atomic mass is 16.5. The Labute approximate surface area is 110 Å². The monoisotopic (exact) mass is 246 g/mol. The van der Waals surface area contributed by atoms with Crippen molar-refractivity contribution in [3.63, 3.8) is 0 Å². The van der Waals surface area contributed by atoms with Crippen LogP contribution in [0.3, 0.4) is 0 Å². The highest BCUT2D eigenvalue weighted by Crippen LogP contribution is 2.31. The maximum atomic E-state index is 12.0. The molecule has 18 heavy (non-hydrogen) atoms. The zero-order valence-corrected chi connectivity index (χ0v) is 11.9. The van der Waals surface area contributed by atoms with E-state index in [-0.39, 0.29) is 17.8 Å². The van der Waals surface area contributed by atoms with Gasteiger partial charge in [-0.05, 0) is 13.8 Å². The Morgan fingerprint density at radius 1 is 1.06 bits per heavy atom. The van der Waals surface area contributed by atoms with Gasteiger partial charge < -0.3 is 4.74 Å². The highest BCUT2D eigenvalue weighted by Gasteiger charge is 2.31. The van der Waals surface area contributed by atoms with E-state index in [1.54, 1.807) is 0 Å². The summed E-state index contributed by atoms with van der Waals surface area (Å²) in [6.07, 6.45) is -0.0496. The van der Waals surface area contributed by atoms with E-state index in [0.29, 0.717) is 0 Å². The Bertz CT molecular complexity index is 432. The van der Waals surface area contributed by atoms with Crippen LogP contribution in [0.2, 0.25) is 0 Å². The van der Waals surface area contributed by atoms with Crippen molar-refractivity contribution in [2.75, 3.05) is 0 Å². The second-order valence-corrected chi connectivity index (χ2v) is 4.30. The van der Waals surface area contributed by atoms with Gasteiger partial charge in [0.15, 0.2) is 5.78 Å². The van der Waals surface area contributed by atoms with Crippen molar-refractivity contribution in [1.82, 2.24) is 0 Å². The van der Waals surface area contributed by atoms with E-state index in [9.17, 15) is 4.79 Å². The Morgan fingerprint density at radius 3 is 2.17 bits per heavy atom. The van der Waals surface area contributed by atoms with E-state index in [0.717, 1.165) is 16.9 Å². The third-order valence-corrected chi connectivity index (χ3v) is 3.17. The Morgan fingerprint density at radius 2 is 1.61 bits per heavy atom. The molecule has 2 atom stereocenters. The molecule has 2 unspecified atom stereocenters. The van der Waals surface area contributed by atoms with Crippen molar-refractivity contribution in [1.29, 1.82) is 0 Å². The van der Waals surface area contributed by atoms with Gasteiger partial charge in [-0.25, -0.2) is 0 Å². The first-order valence-corrected chi connectivity index (χ1v) is 6.58. The Kier molecular flexibility index (Phi) is 5.14. The fourth-order valence-electron chi connectivity index (χ4n) is 1.92. The molecule has 0 aromatic heterocycles. The zero-order valence-electron chi connectivity index (χ0n) is 11.9. The SMILES string of the molecule is CC.CC1=C(c2ccccc2)OC(C)C(C)C1=O. The molecule has 1 aliphatic heterocycles. The van der Waals surface area contributed by atoms with E-state index in [1.807, 2.05) is 65.0 Å². The largest absolute Gasteiger partial charge is 0.489 e. The van der Waals surface area contributed by atoms with Crippen LogP contribution in [0.1, 0.15) is 40.2 Å². The van der Waals surface area contributed by atoms with Crippen LogP contribution in [0.25, 0.3) is 5.76 Å². The van der Waals surface area contributed by atoms with Gasteiger partial charge in [-0.3, -0.25) is 4.79 Å². The number of hydrogen-bond acceptors (Lipinski definition) is 2. The van der Waals surface area contributed by atoms with Crippen molar-refractivity contribution < 1.29 is 9.53 Å². The van der Waals surface area contributed by atoms with E-state index >= 15 is 0 Å². The van der Waals surface area contributed by atoms with Crippen molar-refractivity contribution in [2.24, 2.45) is 5.92 Å². The van der Waals surface area contributed by atoms with Crippen LogP contribution in [0, 0.1) is 5.92 Å². The lowest BCUT2D eigenvalue weighted by Crippen LogP contribution is -2.31. The lowest BCUT2D eigenvalue weighted by atomic mass is 9.91. The molecule has 0 saturated heterocycles. The first-order valence-electron chi connectivity index (χ1n) is 6.58. The number of rotatable bonds is 1. The molecule has 0 spiro atoms. The van der Waals surface area contributed by atoms with Crippen LogP contribution in [0.4, 0.5) is 0 Å². The summed E-state index contributed by atoms with van der Waals surface area (Å²) in [7, 11) is 0. The molecule has 0 aliphatic carbocycles. The summed E-state index contributed by atoms with van der Waals surface area (Å²) in [6.45, 7) is 9.70. The normalized spacial score (nSPS) is 23.1. The average Bonchev–Trinajstić information content (AvgIpc) is 2.44. The van der Waals surface area contributed by atoms with Gasteiger partial charge in [0.1, 0.15) is 11.9 Å². The van der Waals surface area contributed by atoms with Crippen LogP contribution in [-0.4, -0.2) is 11.9 Å². The molecule has 0 saturated carbocycles. The second kappa shape index (κ2) is 6.39. The number of ketones is 1.